The van der Waals surface area contributed by atoms with Gasteiger partial charge in [0.2, 0.25) is 0 Å². The SMILES string of the molecule is CNC(=O)Oc1ccc2c(c1)C1(C)C(N(C)CC13OC(=O)C=CC(=O)O3)N2C. The Kier molecular flexibility index (Phi) is 3.90. The van der Waals surface area contributed by atoms with Gasteiger partial charge in [-0.05, 0) is 37.7 Å². The molecule has 2 unspecified atom stereocenters. The number of anilines is 1. The number of hydrogen-bond donors (Lipinski definition) is 1. The van der Waals surface area contributed by atoms with Crippen LogP contribution in [0.3, 0.4) is 0 Å². The second kappa shape index (κ2) is 5.96. The van der Waals surface area contributed by atoms with Gasteiger partial charge in [-0.3, -0.25) is 4.90 Å². The molecule has 3 aliphatic heterocycles. The highest BCUT2D eigenvalue weighted by Crippen LogP contribution is 2.58. The quantitative estimate of drug-likeness (QED) is 0.705. The summed E-state index contributed by atoms with van der Waals surface area (Å²) in [5.41, 5.74) is 0.714. The van der Waals surface area contributed by atoms with Crippen LogP contribution in [0.25, 0.3) is 0 Å². The molecule has 0 saturated carbocycles. The minimum Gasteiger partial charge on any atom is -0.417 e. The van der Waals surface area contributed by atoms with E-state index in [1.54, 1.807) is 12.1 Å². The number of rotatable bonds is 1. The molecule has 3 heterocycles. The van der Waals surface area contributed by atoms with Crippen molar-refractivity contribution in [3.8, 4) is 5.75 Å². The lowest BCUT2D eigenvalue weighted by molar-refractivity contribution is -0.233. The van der Waals surface area contributed by atoms with Crippen LogP contribution in [0, 0.1) is 0 Å². The molecule has 28 heavy (non-hydrogen) atoms. The van der Waals surface area contributed by atoms with E-state index in [4.69, 9.17) is 14.2 Å². The van der Waals surface area contributed by atoms with Gasteiger partial charge in [-0.2, -0.15) is 0 Å². The Morgan fingerprint density at radius 2 is 1.86 bits per heavy atom. The largest absolute Gasteiger partial charge is 0.417 e. The van der Waals surface area contributed by atoms with E-state index < -0.39 is 29.2 Å². The van der Waals surface area contributed by atoms with Crippen molar-refractivity contribution in [1.29, 1.82) is 0 Å². The fourth-order valence-corrected chi connectivity index (χ4v) is 4.66. The van der Waals surface area contributed by atoms with Crippen molar-refractivity contribution in [2.75, 3.05) is 32.6 Å². The van der Waals surface area contributed by atoms with Crippen molar-refractivity contribution >= 4 is 23.7 Å². The normalized spacial score (nSPS) is 27.7. The van der Waals surface area contributed by atoms with Gasteiger partial charge in [-0.25, -0.2) is 14.4 Å². The van der Waals surface area contributed by atoms with Crippen LogP contribution in [0.1, 0.15) is 12.5 Å². The minimum atomic E-state index is -1.52. The molecule has 9 nitrogen and oxygen atoms in total. The molecule has 1 amide bonds. The molecule has 148 valence electrons. The molecule has 9 heteroatoms. The average molecular weight is 387 g/mol. The van der Waals surface area contributed by atoms with Gasteiger partial charge in [0.25, 0.3) is 5.79 Å². The van der Waals surface area contributed by atoms with E-state index in [0.717, 1.165) is 23.4 Å². The van der Waals surface area contributed by atoms with Gasteiger partial charge < -0.3 is 24.4 Å². The third-order valence-electron chi connectivity index (χ3n) is 5.76. The Balaban J connectivity index is 1.87. The summed E-state index contributed by atoms with van der Waals surface area (Å²) in [7, 11) is 5.27. The number of carbonyl (C=O) groups excluding carboxylic acids is 3. The van der Waals surface area contributed by atoms with Crippen molar-refractivity contribution in [2.45, 2.75) is 24.3 Å². The zero-order chi connectivity index (χ0) is 20.3. The molecule has 1 aromatic rings. The number of ether oxygens (including phenoxy) is 3. The lowest BCUT2D eigenvalue weighted by Crippen LogP contribution is -2.56. The predicted octanol–water partition coefficient (Wildman–Crippen LogP) is 0.736. The molecule has 3 aliphatic rings. The molecule has 0 aliphatic carbocycles. The smallest absolute Gasteiger partial charge is 0.412 e. The zero-order valence-electron chi connectivity index (χ0n) is 16.0. The number of likely N-dealkylation sites (N-methyl/N-ethyl adjacent to an activating group) is 2. The summed E-state index contributed by atoms with van der Waals surface area (Å²) >= 11 is 0. The molecule has 0 aromatic heterocycles. The number of fused-ring (bicyclic) bond motifs is 4. The highest BCUT2D eigenvalue weighted by atomic mass is 16.7. The Bertz CT molecular complexity index is 893. The topological polar surface area (TPSA) is 97.4 Å². The molecule has 0 bridgehead atoms. The van der Waals surface area contributed by atoms with Crippen molar-refractivity contribution in [3.05, 3.63) is 35.9 Å². The number of esters is 2. The summed E-state index contributed by atoms with van der Waals surface area (Å²) < 4.78 is 16.7. The molecule has 1 saturated heterocycles. The van der Waals surface area contributed by atoms with Crippen LogP contribution in [0.4, 0.5) is 10.5 Å². The summed E-state index contributed by atoms with van der Waals surface area (Å²) in [6, 6.07) is 5.24. The second-order valence-electron chi connectivity index (χ2n) is 7.35. The fourth-order valence-electron chi connectivity index (χ4n) is 4.66. The van der Waals surface area contributed by atoms with Gasteiger partial charge in [0.05, 0.1) is 12.7 Å². The summed E-state index contributed by atoms with van der Waals surface area (Å²) in [4.78, 5) is 40.1. The highest BCUT2D eigenvalue weighted by Gasteiger charge is 2.71. The summed E-state index contributed by atoms with van der Waals surface area (Å²) in [6.45, 7) is 2.09. The van der Waals surface area contributed by atoms with Crippen LogP contribution in [0.2, 0.25) is 0 Å². The first kappa shape index (κ1) is 18.3. The third kappa shape index (κ3) is 2.32. The second-order valence-corrected chi connectivity index (χ2v) is 7.35. The molecule has 1 spiro atoms. The van der Waals surface area contributed by atoms with Crippen LogP contribution in [-0.2, 0) is 24.5 Å². The van der Waals surface area contributed by atoms with Crippen molar-refractivity contribution < 1.29 is 28.6 Å². The van der Waals surface area contributed by atoms with Gasteiger partial charge in [-0.15, -0.1) is 0 Å². The Labute approximate surface area is 161 Å². The number of benzene rings is 1. The van der Waals surface area contributed by atoms with Crippen molar-refractivity contribution in [1.82, 2.24) is 10.2 Å². The van der Waals surface area contributed by atoms with E-state index in [0.29, 0.717) is 5.75 Å². The Morgan fingerprint density at radius 1 is 1.21 bits per heavy atom. The lowest BCUT2D eigenvalue weighted by Gasteiger charge is -2.40. The summed E-state index contributed by atoms with van der Waals surface area (Å²) in [5.74, 6) is -2.47. The maximum Gasteiger partial charge on any atom is 0.412 e. The first-order chi connectivity index (χ1) is 13.2. The number of nitrogens with one attached hydrogen (secondary N) is 1. The standard InChI is InChI=1S/C19H21N3O6/c1-18-12-9-11(26-17(25)20-2)5-6-13(12)22(4)16(18)21(3)10-19(18)27-14(23)7-8-15(24)28-19/h5-9,16H,10H2,1-4H3,(H,20,25). The van der Waals surface area contributed by atoms with Crippen molar-refractivity contribution in [3.63, 3.8) is 0 Å². The van der Waals surface area contributed by atoms with Gasteiger partial charge in [0, 0.05) is 31.9 Å². The number of likely N-dealkylation sites (tertiary alicyclic amines) is 1. The molecule has 4 rings (SSSR count). The summed E-state index contributed by atoms with van der Waals surface area (Å²) in [5, 5.41) is 2.40. The van der Waals surface area contributed by atoms with Gasteiger partial charge in [0.1, 0.15) is 11.2 Å². The molecular weight excluding hydrogens is 366 g/mol. The predicted molar refractivity (Wildman–Crippen MR) is 97.8 cm³/mol. The van der Waals surface area contributed by atoms with Crippen LogP contribution < -0.4 is 15.0 Å². The van der Waals surface area contributed by atoms with E-state index in [1.165, 1.54) is 7.05 Å². The summed E-state index contributed by atoms with van der Waals surface area (Å²) in [6.07, 6.45) is 1.30. The lowest BCUT2D eigenvalue weighted by atomic mass is 9.76. The number of hydrogen-bond acceptors (Lipinski definition) is 8. The van der Waals surface area contributed by atoms with E-state index in [9.17, 15) is 14.4 Å². The number of carbonyl (C=O) groups is 3. The molecule has 1 fully saturated rings. The van der Waals surface area contributed by atoms with Crippen LogP contribution in [0.15, 0.2) is 30.4 Å². The molecule has 1 N–H and O–H groups in total. The van der Waals surface area contributed by atoms with E-state index >= 15 is 0 Å². The fraction of sp³-hybridized carbons (Fsp3) is 0.421. The maximum absolute atomic E-state index is 12.2. The minimum absolute atomic E-state index is 0.206. The average Bonchev–Trinajstić information content (AvgIpc) is 2.92. The van der Waals surface area contributed by atoms with Gasteiger partial charge in [0.15, 0.2) is 0 Å². The van der Waals surface area contributed by atoms with E-state index in [2.05, 4.69) is 5.32 Å². The Morgan fingerprint density at radius 3 is 2.46 bits per heavy atom. The molecular formula is C19H21N3O6. The number of amides is 1. The first-order valence-electron chi connectivity index (χ1n) is 8.83. The van der Waals surface area contributed by atoms with E-state index in [-0.39, 0.29) is 12.7 Å². The van der Waals surface area contributed by atoms with Crippen molar-refractivity contribution in [2.24, 2.45) is 0 Å². The van der Waals surface area contributed by atoms with Crippen LogP contribution in [0.5, 0.6) is 5.75 Å². The monoisotopic (exact) mass is 387 g/mol. The highest BCUT2D eigenvalue weighted by molar-refractivity contribution is 5.93. The van der Waals surface area contributed by atoms with Gasteiger partial charge in [-0.1, -0.05) is 0 Å². The molecule has 0 radical (unpaired) electrons. The number of nitrogens with zero attached hydrogens (tertiary/aromatic N) is 2. The van der Waals surface area contributed by atoms with E-state index in [1.807, 2.05) is 36.9 Å². The van der Waals surface area contributed by atoms with Crippen LogP contribution in [-0.4, -0.2) is 62.6 Å². The van der Waals surface area contributed by atoms with Gasteiger partial charge >= 0.3 is 18.0 Å². The Hall–Kier alpha value is -3.07. The first-order valence-corrected chi connectivity index (χ1v) is 8.83. The van der Waals surface area contributed by atoms with Crippen LogP contribution >= 0.6 is 0 Å². The zero-order valence-corrected chi connectivity index (χ0v) is 16.0. The molecule has 1 aromatic carbocycles. The third-order valence-corrected chi connectivity index (χ3v) is 5.76. The maximum atomic E-state index is 12.2. The molecule has 2 atom stereocenters.